The van der Waals surface area contributed by atoms with Crippen molar-refractivity contribution in [2.75, 3.05) is 12.4 Å². The summed E-state index contributed by atoms with van der Waals surface area (Å²) in [5.41, 5.74) is 1.45. The number of thiazole rings is 1. The zero-order valence-corrected chi connectivity index (χ0v) is 12.5. The van der Waals surface area contributed by atoms with Crippen LogP contribution in [0.3, 0.4) is 0 Å². The predicted molar refractivity (Wildman–Crippen MR) is 82.9 cm³/mol. The van der Waals surface area contributed by atoms with E-state index in [-0.39, 0.29) is 5.82 Å². The summed E-state index contributed by atoms with van der Waals surface area (Å²) in [5, 5.41) is 4.13. The topological polar surface area (TPSA) is 24.9 Å². The van der Waals surface area contributed by atoms with Crippen molar-refractivity contribution in [1.82, 2.24) is 4.98 Å². The summed E-state index contributed by atoms with van der Waals surface area (Å²) in [6.07, 6.45) is 8.22. The summed E-state index contributed by atoms with van der Waals surface area (Å²) in [6, 6.07) is 5.27. The van der Waals surface area contributed by atoms with Crippen molar-refractivity contribution >= 4 is 17.0 Å². The summed E-state index contributed by atoms with van der Waals surface area (Å²) in [4.78, 5) is 5.47. The summed E-state index contributed by atoms with van der Waals surface area (Å²) >= 11 is 1.65. The van der Waals surface area contributed by atoms with E-state index in [0.29, 0.717) is 11.5 Å². The lowest BCUT2D eigenvalue weighted by molar-refractivity contribution is 0.442. The highest BCUT2D eigenvalue weighted by Crippen LogP contribution is 2.38. The van der Waals surface area contributed by atoms with Gasteiger partial charge in [0.15, 0.2) is 0 Å². The van der Waals surface area contributed by atoms with Gasteiger partial charge in [0, 0.05) is 30.4 Å². The minimum absolute atomic E-state index is 0.185. The zero-order valence-electron chi connectivity index (χ0n) is 11.7. The summed E-state index contributed by atoms with van der Waals surface area (Å²) in [7, 11) is 1.79. The van der Waals surface area contributed by atoms with Crippen LogP contribution in [0.4, 0.5) is 10.1 Å². The average Bonchev–Trinajstić information content (AvgIpc) is 2.97. The summed E-state index contributed by atoms with van der Waals surface area (Å²) < 4.78 is 14.1. The van der Waals surface area contributed by atoms with E-state index in [1.54, 1.807) is 18.4 Å². The van der Waals surface area contributed by atoms with Crippen molar-refractivity contribution < 1.29 is 4.39 Å². The Labute approximate surface area is 123 Å². The molecular weight excluding hydrogens is 271 g/mol. The first-order chi connectivity index (χ1) is 9.78. The van der Waals surface area contributed by atoms with Gasteiger partial charge in [-0.3, -0.25) is 0 Å². The molecular formula is C16H19FN2S. The second kappa shape index (κ2) is 5.92. The Morgan fingerprint density at radius 1 is 1.25 bits per heavy atom. The lowest BCUT2D eigenvalue weighted by Gasteiger charge is -2.18. The van der Waals surface area contributed by atoms with E-state index in [4.69, 9.17) is 0 Å². The minimum Gasteiger partial charge on any atom is -0.388 e. The van der Waals surface area contributed by atoms with Crippen molar-refractivity contribution in [1.29, 1.82) is 0 Å². The molecule has 4 heteroatoms. The molecule has 1 saturated carbocycles. The van der Waals surface area contributed by atoms with Crippen molar-refractivity contribution in [2.24, 2.45) is 0 Å². The Morgan fingerprint density at radius 3 is 2.75 bits per heavy atom. The van der Waals surface area contributed by atoms with Gasteiger partial charge in [-0.05, 0) is 31.0 Å². The van der Waals surface area contributed by atoms with Crippen molar-refractivity contribution in [3.63, 3.8) is 0 Å². The van der Waals surface area contributed by atoms with Gasteiger partial charge in [0.2, 0.25) is 0 Å². The molecule has 2 nitrogen and oxygen atoms in total. The van der Waals surface area contributed by atoms with Gasteiger partial charge in [-0.25, -0.2) is 9.37 Å². The number of halogens is 1. The van der Waals surface area contributed by atoms with Crippen LogP contribution < -0.4 is 5.32 Å². The molecule has 0 spiro atoms. The second-order valence-electron chi connectivity index (χ2n) is 5.34. The number of nitrogens with zero attached hydrogens (tertiary/aromatic N) is 1. The Balaban J connectivity index is 1.85. The molecule has 1 fully saturated rings. The highest BCUT2D eigenvalue weighted by atomic mass is 32.1. The molecule has 1 aliphatic rings. The van der Waals surface area contributed by atoms with E-state index < -0.39 is 0 Å². The molecule has 3 rings (SSSR count). The van der Waals surface area contributed by atoms with Crippen LogP contribution in [0.1, 0.15) is 43.0 Å². The molecule has 0 saturated heterocycles. The first-order valence-electron chi connectivity index (χ1n) is 7.21. The molecule has 0 atom stereocenters. The predicted octanol–water partition coefficient (Wildman–Crippen LogP) is 5.04. The smallest absolute Gasteiger partial charge is 0.133 e. The van der Waals surface area contributed by atoms with Crippen LogP contribution in [0.15, 0.2) is 24.4 Å². The second-order valence-corrected chi connectivity index (χ2v) is 6.40. The number of hydrogen-bond acceptors (Lipinski definition) is 3. The molecule has 1 N–H and O–H groups in total. The molecule has 1 aromatic carbocycles. The van der Waals surface area contributed by atoms with Gasteiger partial charge in [-0.1, -0.05) is 19.3 Å². The molecule has 0 unspecified atom stereocenters. The number of nitrogens with one attached hydrogen (secondary N) is 1. The third-order valence-corrected chi connectivity index (χ3v) is 5.19. The number of aromatic nitrogens is 1. The summed E-state index contributed by atoms with van der Waals surface area (Å²) in [6.45, 7) is 0. The molecule has 0 radical (unpaired) electrons. The molecule has 0 amide bonds. The maximum atomic E-state index is 14.1. The van der Waals surface area contributed by atoms with Gasteiger partial charge >= 0.3 is 0 Å². The van der Waals surface area contributed by atoms with Crippen LogP contribution >= 0.6 is 11.3 Å². The maximum Gasteiger partial charge on any atom is 0.133 e. The number of rotatable bonds is 3. The first kappa shape index (κ1) is 13.6. The molecule has 0 bridgehead atoms. The Hall–Kier alpha value is -1.42. The Bertz CT molecular complexity index is 588. The average molecular weight is 290 g/mol. The van der Waals surface area contributed by atoms with Crippen molar-refractivity contribution in [3.8, 4) is 10.4 Å². The molecule has 1 aliphatic carbocycles. The SMILES string of the molecule is CNc1ccc(-c2cnc(C3CCCCC3)s2)c(F)c1. The van der Waals surface area contributed by atoms with E-state index in [2.05, 4.69) is 10.3 Å². The lowest BCUT2D eigenvalue weighted by atomic mass is 9.90. The Morgan fingerprint density at radius 2 is 2.05 bits per heavy atom. The zero-order chi connectivity index (χ0) is 13.9. The number of benzene rings is 1. The van der Waals surface area contributed by atoms with Gasteiger partial charge in [0.1, 0.15) is 5.82 Å². The van der Waals surface area contributed by atoms with Crippen molar-refractivity contribution in [3.05, 3.63) is 35.2 Å². The first-order valence-corrected chi connectivity index (χ1v) is 8.03. The van der Waals surface area contributed by atoms with Crippen LogP contribution in [0.2, 0.25) is 0 Å². The molecule has 106 valence electrons. The van der Waals surface area contributed by atoms with Crippen LogP contribution in [0, 0.1) is 5.82 Å². The van der Waals surface area contributed by atoms with Gasteiger partial charge in [-0.2, -0.15) is 0 Å². The fraction of sp³-hybridized carbons (Fsp3) is 0.438. The third-order valence-electron chi connectivity index (χ3n) is 4.00. The fourth-order valence-corrected chi connectivity index (χ4v) is 3.93. The summed E-state index contributed by atoms with van der Waals surface area (Å²) in [5.74, 6) is 0.401. The molecule has 0 aliphatic heterocycles. The van der Waals surface area contributed by atoms with Gasteiger partial charge in [0.05, 0.1) is 9.88 Å². The highest BCUT2D eigenvalue weighted by molar-refractivity contribution is 7.15. The maximum absolute atomic E-state index is 14.1. The lowest BCUT2D eigenvalue weighted by Crippen LogP contribution is -2.03. The molecule has 1 heterocycles. The van der Waals surface area contributed by atoms with E-state index in [0.717, 1.165) is 10.6 Å². The standard InChI is InChI=1S/C16H19FN2S/c1-18-12-7-8-13(14(17)9-12)15-10-19-16(20-15)11-5-3-2-4-6-11/h7-11,18H,2-6H2,1H3. The van der Waals surface area contributed by atoms with Crippen molar-refractivity contribution in [2.45, 2.75) is 38.0 Å². The molecule has 1 aromatic heterocycles. The molecule has 2 aromatic rings. The monoisotopic (exact) mass is 290 g/mol. The minimum atomic E-state index is -0.185. The van der Waals surface area contributed by atoms with Gasteiger partial charge < -0.3 is 5.32 Å². The number of anilines is 1. The van der Waals surface area contributed by atoms with Gasteiger partial charge in [0.25, 0.3) is 0 Å². The van der Waals surface area contributed by atoms with Crippen LogP contribution in [-0.4, -0.2) is 12.0 Å². The van der Waals surface area contributed by atoms with Crippen LogP contribution in [0.5, 0.6) is 0 Å². The Kier molecular flexibility index (Phi) is 4.01. The number of hydrogen-bond donors (Lipinski definition) is 1. The largest absolute Gasteiger partial charge is 0.388 e. The van der Waals surface area contributed by atoms with E-state index >= 15 is 0 Å². The van der Waals surface area contributed by atoms with E-state index in [1.807, 2.05) is 18.3 Å². The van der Waals surface area contributed by atoms with Gasteiger partial charge in [-0.15, -0.1) is 11.3 Å². The highest BCUT2D eigenvalue weighted by Gasteiger charge is 2.19. The normalized spacial score (nSPS) is 16.3. The van der Waals surface area contributed by atoms with E-state index in [9.17, 15) is 4.39 Å². The fourth-order valence-electron chi connectivity index (χ4n) is 2.82. The quantitative estimate of drug-likeness (QED) is 0.856. The van der Waals surface area contributed by atoms with Crippen LogP contribution in [-0.2, 0) is 0 Å². The van der Waals surface area contributed by atoms with Crippen LogP contribution in [0.25, 0.3) is 10.4 Å². The molecule has 20 heavy (non-hydrogen) atoms. The third kappa shape index (κ3) is 2.70. The van der Waals surface area contributed by atoms with E-state index in [1.165, 1.54) is 43.2 Å².